The first-order valence-corrected chi connectivity index (χ1v) is 4.49. The Hall–Kier alpha value is -1.13. The molecule has 0 aliphatic carbocycles. The quantitative estimate of drug-likeness (QED) is 0.643. The highest BCUT2D eigenvalue weighted by Gasteiger charge is 2.25. The number of hydrogen-bond donors (Lipinski definition) is 2. The van der Waals surface area contributed by atoms with Crippen LogP contribution in [0.25, 0.3) is 0 Å². The van der Waals surface area contributed by atoms with Crippen molar-refractivity contribution < 1.29 is 9.90 Å². The lowest BCUT2D eigenvalue weighted by Crippen LogP contribution is -2.39. The second-order valence-corrected chi connectivity index (χ2v) is 3.48. The number of carboxylic acid groups (broad SMARTS) is 1. The third-order valence-corrected chi connectivity index (χ3v) is 2.70. The molecule has 0 aromatic rings. The van der Waals surface area contributed by atoms with Gasteiger partial charge < -0.3 is 10.0 Å². The van der Waals surface area contributed by atoms with Crippen LogP contribution in [0.1, 0.15) is 19.8 Å². The molecular weight excluding hydrogens is 170 g/mol. The fraction of sp³-hybridized carbons (Fsp3) is 0.875. The highest BCUT2D eigenvalue weighted by atomic mass is 16.4. The Bertz CT molecular complexity index is 200. The summed E-state index contributed by atoms with van der Waals surface area (Å²) in [5, 5.41) is 12.2. The van der Waals surface area contributed by atoms with Gasteiger partial charge in [0, 0.05) is 13.1 Å². The minimum atomic E-state index is -0.839. The van der Waals surface area contributed by atoms with Gasteiger partial charge in [0.2, 0.25) is 0 Å². The Morgan fingerprint density at radius 2 is 2.15 bits per heavy atom. The van der Waals surface area contributed by atoms with E-state index in [4.69, 9.17) is 10.6 Å². The molecule has 1 heterocycles. The molecule has 0 aromatic carbocycles. The van der Waals surface area contributed by atoms with Crippen molar-refractivity contribution in [3.05, 3.63) is 0 Å². The van der Waals surface area contributed by atoms with E-state index in [1.54, 1.807) is 0 Å². The maximum absolute atomic E-state index is 10.6. The van der Waals surface area contributed by atoms with E-state index >= 15 is 0 Å². The van der Waals surface area contributed by atoms with E-state index in [2.05, 4.69) is 5.11 Å². The Morgan fingerprint density at radius 3 is 2.54 bits per heavy atom. The molecule has 1 rings (SSSR count). The number of amides is 1. The van der Waals surface area contributed by atoms with E-state index in [9.17, 15) is 4.79 Å². The Balaban J connectivity index is 2.38. The van der Waals surface area contributed by atoms with Crippen LogP contribution in [0.4, 0.5) is 4.79 Å². The summed E-state index contributed by atoms with van der Waals surface area (Å²) in [7, 11) is 0. The molecule has 1 fully saturated rings. The van der Waals surface area contributed by atoms with Gasteiger partial charge in [-0.3, -0.25) is 0 Å². The van der Waals surface area contributed by atoms with Crippen LogP contribution in [-0.4, -0.2) is 35.2 Å². The van der Waals surface area contributed by atoms with Crippen molar-refractivity contribution in [2.24, 2.45) is 11.0 Å². The van der Waals surface area contributed by atoms with Crippen LogP contribution in [0.5, 0.6) is 0 Å². The van der Waals surface area contributed by atoms with E-state index in [0.29, 0.717) is 19.0 Å². The van der Waals surface area contributed by atoms with Crippen molar-refractivity contribution >= 4 is 6.09 Å². The first-order valence-electron chi connectivity index (χ1n) is 4.49. The zero-order chi connectivity index (χ0) is 9.84. The predicted molar refractivity (Wildman–Crippen MR) is 46.9 cm³/mol. The maximum Gasteiger partial charge on any atom is 0.407 e. The lowest BCUT2D eigenvalue weighted by Gasteiger charge is -2.31. The van der Waals surface area contributed by atoms with Crippen molar-refractivity contribution in [1.82, 2.24) is 4.90 Å². The molecule has 0 aromatic heterocycles. The molecule has 1 saturated heterocycles. The number of nitrogens with one attached hydrogen (secondary N) is 1. The van der Waals surface area contributed by atoms with Crippen LogP contribution in [0.15, 0.2) is 5.11 Å². The maximum atomic E-state index is 10.6. The molecule has 1 aliphatic rings. The topological polar surface area (TPSA) is 76.8 Å². The molecular formula is C8H15N3O2. The Kier molecular flexibility index (Phi) is 3.22. The zero-order valence-corrected chi connectivity index (χ0v) is 7.73. The van der Waals surface area contributed by atoms with Crippen molar-refractivity contribution in [3.63, 3.8) is 0 Å². The summed E-state index contributed by atoms with van der Waals surface area (Å²) in [6.07, 6.45) is 0.819. The van der Waals surface area contributed by atoms with Crippen LogP contribution in [0, 0.1) is 11.4 Å². The molecule has 5 heteroatoms. The Labute approximate surface area is 77.2 Å². The molecule has 0 saturated carbocycles. The molecule has 1 aliphatic heterocycles. The standard InChI is InChI=1S/C8H15N3O2/c1-6(10-9)7-2-4-11(5-3-7)8(12)13/h6-7,9H,2-5H2,1H3,(H,12,13). The van der Waals surface area contributed by atoms with Gasteiger partial charge in [0.25, 0.3) is 0 Å². The van der Waals surface area contributed by atoms with E-state index in [1.165, 1.54) is 4.90 Å². The monoisotopic (exact) mass is 185 g/mol. The fourth-order valence-corrected chi connectivity index (χ4v) is 1.68. The number of nitrogens with zero attached hydrogens (tertiary/aromatic N) is 2. The van der Waals surface area contributed by atoms with Crippen LogP contribution in [0.2, 0.25) is 0 Å². The van der Waals surface area contributed by atoms with E-state index in [1.807, 2.05) is 6.92 Å². The average molecular weight is 185 g/mol. The second kappa shape index (κ2) is 4.20. The van der Waals surface area contributed by atoms with Crippen LogP contribution >= 0.6 is 0 Å². The smallest absolute Gasteiger partial charge is 0.407 e. The van der Waals surface area contributed by atoms with Gasteiger partial charge in [-0.2, -0.15) is 5.11 Å². The highest BCUT2D eigenvalue weighted by Crippen LogP contribution is 2.22. The number of piperidine rings is 1. The molecule has 1 atom stereocenters. The summed E-state index contributed by atoms with van der Waals surface area (Å²) in [5.41, 5.74) is 6.87. The van der Waals surface area contributed by atoms with Gasteiger partial charge in [0.15, 0.2) is 0 Å². The minimum Gasteiger partial charge on any atom is -0.465 e. The van der Waals surface area contributed by atoms with Gasteiger partial charge in [0.05, 0.1) is 6.04 Å². The van der Waals surface area contributed by atoms with Crippen LogP contribution < -0.4 is 0 Å². The SMILES string of the molecule is CC(N=N)C1CCN(C(=O)O)CC1. The van der Waals surface area contributed by atoms with Crippen molar-refractivity contribution in [1.29, 1.82) is 5.53 Å². The van der Waals surface area contributed by atoms with Gasteiger partial charge in [-0.05, 0) is 25.7 Å². The van der Waals surface area contributed by atoms with Gasteiger partial charge in [-0.1, -0.05) is 0 Å². The van der Waals surface area contributed by atoms with Gasteiger partial charge >= 0.3 is 6.09 Å². The molecule has 74 valence electrons. The minimum absolute atomic E-state index is 0.0379. The third kappa shape index (κ3) is 2.40. The molecule has 0 spiro atoms. The second-order valence-electron chi connectivity index (χ2n) is 3.48. The summed E-state index contributed by atoms with van der Waals surface area (Å²) in [6, 6.07) is 0.0379. The van der Waals surface area contributed by atoms with Crippen LogP contribution in [-0.2, 0) is 0 Å². The molecule has 0 radical (unpaired) electrons. The highest BCUT2D eigenvalue weighted by molar-refractivity contribution is 5.64. The largest absolute Gasteiger partial charge is 0.465 e. The third-order valence-electron chi connectivity index (χ3n) is 2.70. The summed E-state index contributed by atoms with van der Waals surface area (Å²) in [5.74, 6) is 0.382. The fourth-order valence-electron chi connectivity index (χ4n) is 1.68. The van der Waals surface area contributed by atoms with E-state index in [0.717, 1.165) is 12.8 Å². The van der Waals surface area contributed by atoms with Crippen molar-refractivity contribution in [2.75, 3.05) is 13.1 Å². The summed E-state index contributed by atoms with van der Waals surface area (Å²) < 4.78 is 0. The Morgan fingerprint density at radius 1 is 1.62 bits per heavy atom. The van der Waals surface area contributed by atoms with Crippen molar-refractivity contribution in [2.45, 2.75) is 25.8 Å². The van der Waals surface area contributed by atoms with E-state index in [-0.39, 0.29) is 6.04 Å². The van der Waals surface area contributed by atoms with Crippen molar-refractivity contribution in [3.8, 4) is 0 Å². The lowest BCUT2D eigenvalue weighted by molar-refractivity contribution is 0.120. The summed E-state index contributed by atoms with van der Waals surface area (Å²) in [6.45, 7) is 3.08. The molecule has 1 unspecified atom stereocenters. The number of hydrogen-bond acceptors (Lipinski definition) is 3. The average Bonchev–Trinajstić information content (AvgIpc) is 2.17. The number of carbonyl (C=O) groups is 1. The normalized spacial score (nSPS) is 21.2. The molecule has 5 nitrogen and oxygen atoms in total. The molecule has 1 amide bonds. The van der Waals surface area contributed by atoms with E-state index < -0.39 is 6.09 Å². The first kappa shape index (κ1) is 9.95. The van der Waals surface area contributed by atoms with Crippen LogP contribution in [0.3, 0.4) is 0 Å². The zero-order valence-electron chi connectivity index (χ0n) is 7.73. The summed E-state index contributed by atoms with van der Waals surface area (Å²) in [4.78, 5) is 12.0. The van der Waals surface area contributed by atoms with Gasteiger partial charge in [-0.25, -0.2) is 10.3 Å². The first-order chi connectivity index (χ1) is 6.15. The molecule has 0 bridgehead atoms. The molecule has 2 N–H and O–H groups in total. The van der Waals surface area contributed by atoms with Gasteiger partial charge in [-0.15, -0.1) is 0 Å². The van der Waals surface area contributed by atoms with Gasteiger partial charge in [0.1, 0.15) is 0 Å². The molecule has 13 heavy (non-hydrogen) atoms. The summed E-state index contributed by atoms with van der Waals surface area (Å²) >= 11 is 0. The number of rotatable bonds is 2. The number of likely N-dealkylation sites (tertiary alicyclic amines) is 1. The predicted octanol–water partition coefficient (Wildman–Crippen LogP) is 1.80. The lowest BCUT2D eigenvalue weighted by atomic mass is 9.91.